The maximum atomic E-state index is 13.0. The van der Waals surface area contributed by atoms with E-state index in [-0.39, 0.29) is 37.3 Å². The van der Waals surface area contributed by atoms with Crippen LogP contribution in [-0.2, 0) is 16.1 Å². The van der Waals surface area contributed by atoms with Crippen LogP contribution in [0.15, 0.2) is 72.8 Å². The third kappa shape index (κ3) is 5.27. The molecule has 1 N–H and O–H groups in total. The van der Waals surface area contributed by atoms with Crippen molar-refractivity contribution in [2.45, 2.75) is 25.9 Å². The summed E-state index contributed by atoms with van der Waals surface area (Å²) in [7, 11) is 1.54. The first-order valence-electron chi connectivity index (χ1n) is 11.6. The number of fused-ring (bicyclic) bond motifs is 1. The predicted molar refractivity (Wildman–Crippen MR) is 132 cm³/mol. The first-order chi connectivity index (χ1) is 17.4. The lowest BCUT2D eigenvalue weighted by Crippen LogP contribution is -2.31. The van der Waals surface area contributed by atoms with Crippen molar-refractivity contribution in [1.82, 2.24) is 10.2 Å². The van der Waals surface area contributed by atoms with E-state index in [2.05, 4.69) is 5.32 Å². The van der Waals surface area contributed by atoms with E-state index < -0.39 is 12.0 Å². The molecule has 3 amide bonds. The van der Waals surface area contributed by atoms with Gasteiger partial charge in [-0.1, -0.05) is 36.4 Å². The van der Waals surface area contributed by atoms with Gasteiger partial charge in [0.05, 0.1) is 43.9 Å². The number of nitrogens with one attached hydrogen (secondary N) is 1. The normalized spacial score (nSPS) is 13.2. The monoisotopic (exact) mass is 486 g/mol. The van der Waals surface area contributed by atoms with Gasteiger partial charge in [0.25, 0.3) is 17.7 Å². The summed E-state index contributed by atoms with van der Waals surface area (Å²) in [6, 6.07) is 19.9. The van der Waals surface area contributed by atoms with Crippen molar-refractivity contribution in [3.63, 3.8) is 0 Å². The molecule has 0 spiro atoms. The predicted octanol–water partition coefficient (Wildman–Crippen LogP) is 3.92. The van der Waals surface area contributed by atoms with Gasteiger partial charge >= 0.3 is 5.97 Å². The van der Waals surface area contributed by atoms with E-state index in [1.807, 2.05) is 0 Å². The van der Waals surface area contributed by atoms with Crippen molar-refractivity contribution in [3.8, 4) is 5.75 Å². The first kappa shape index (κ1) is 24.7. The summed E-state index contributed by atoms with van der Waals surface area (Å²) in [5.41, 5.74) is 2.57. The minimum Gasteiger partial charge on any atom is -0.497 e. The standard InChI is InChI=1S/C28H26N2O6/c1-3-36-25(31)16-24(20-7-6-8-21(15-20)35-2)29-26(32)19-13-11-18(12-14-19)17-30-27(33)22-9-4-5-10-23(22)28(30)34/h4-15,24H,3,16-17H2,1-2H3,(H,29,32). The molecule has 0 radical (unpaired) electrons. The number of benzene rings is 3. The zero-order valence-corrected chi connectivity index (χ0v) is 20.0. The number of rotatable bonds is 9. The molecule has 3 aromatic carbocycles. The second-order valence-electron chi connectivity index (χ2n) is 8.25. The van der Waals surface area contributed by atoms with E-state index in [1.54, 1.807) is 86.8 Å². The van der Waals surface area contributed by atoms with Crippen LogP contribution in [0.4, 0.5) is 0 Å². The maximum absolute atomic E-state index is 13.0. The quantitative estimate of drug-likeness (QED) is 0.363. The Kier molecular flexibility index (Phi) is 7.44. The molecule has 1 atom stereocenters. The molecule has 1 aliphatic rings. The summed E-state index contributed by atoms with van der Waals surface area (Å²) in [6.07, 6.45) is -0.0371. The number of carbonyl (C=O) groups excluding carboxylic acids is 4. The minimum atomic E-state index is -0.621. The molecule has 1 aliphatic heterocycles. The number of carbonyl (C=O) groups is 4. The van der Waals surface area contributed by atoms with Crippen LogP contribution in [0.1, 0.15) is 61.6 Å². The fraction of sp³-hybridized carbons (Fsp3) is 0.214. The maximum Gasteiger partial charge on any atom is 0.308 e. The van der Waals surface area contributed by atoms with Crippen LogP contribution in [0.25, 0.3) is 0 Å². The van der Waals surface area contributed by atoms with Crippen LogP contribution in [0.5, 0.6) is 5.75 Å². The number of hydrogen-bond donors (Lipinski definition) is 1. The average molecular weight is 487 g/mol. The minimum absolute atomic E-state index is 0.0371. The van der Waals surface area contributed by atoms with Crippen LogP contribution < -0.4 is 10.1 Å². The molecule has 0 saturated heterocycles. The lowest BCUT2D eigenvalue weighted by molar-refractivity contribution is -0.143. The number of nitrogens with zero attached hydrogens (tertiary/aromatic N) is 1. The fourth-order valence-electron chi connectivity index (χ4n) is 4.07. The topological polar surface area (TPSA) is 102 Å². The fourth-order valence-corrected chi connectivity index (χ4v) is 4.07. The number of esters is 1. The first-order valence-corrected chi connectivity index (χ1v) is 11.6. The molecule has 0 bridgehead atoms. The molecule has 0 aliphatic carbocycles. The molecule has 1 heterocycles. The SMILES string of the molecule is CCOC(=O)CC(NC(=O)c1ccc(CN2C(=O)c3ccccc3C2=O)cc1)c1cccc(OC)c1. The summed E-state index contributed by atoms with van der Waals surface area (Å²) < 4.78 is 10.3. The molecule has 8 heteroatoms. The second-order valence-corrected chi connectivity index (χ2v) is 8.25. The van der Waals surface area contributed by atoms with Gasteiger partial charge in [-0.3, -0.25) is 24.1 Å². The van der Waals surface area contributed by atoms with Gasteiger partial charge in [-0.15, -0.1) is 0 Å². The van der Waals surface area contributed by atoms with Gasteiger partial charge < -0.3 is 14.8 Å². The Balaban J connectivity index is 1.47. The Hall–Kier alpha value is -4.46. The average Bonchev–Trinajstić information content (AvgIpc) is 3.13. The van der Waals surface area contributed by atoms with Crippen molar-refractivity contribution in [1.29, 1.82) is 0 Å². The molecular weight excluding hydrogens is 460 g/mol. The number of amides is 3. The summed E-state index contributed by atoms with van der Waals surface area (Å²) in [5.74, 6) is -0.871. The van der Waals surface area contributed by atoms with E-state index in [0.717, 1.165) is 0 Å². The van der Waals surface area contributed by atoms with Gasteiger partial charge in [-0.05, 0) is 54.4 Å². The highest BCUT2D eigenvalue weighted by Gasteiger charge is 2.35. The smallest absolute Gasteiger partial charge is 0.308 e. The molecule has 0 fully saturated rings. The lowest BCUT2D eigenvalue weighted by Gasteiger charge is -2.19. The summed E-state index contributed by atoms with van der Waals surface area (Å²) in [4.78, 5) is 51.6. The van der Waals surface area contributed by atoms with Gasteiger partial charge in [-0.25, -0.2) is 0 Å². The second kappa shape index (κ2) is 10.9. The number of hydrogen-bond acceptors (Lipinski definition) is 6. The molecule has 4 rings (SSSR count). The summed E-state index contributed by atoms with van der Waals surface area (Å²) in [5, 5.41) is 2.89. The van der Waals surface area contributed by atoms with Crippen LogP contribution in [0, 0.1) is 0 Å². The van der Waals surface area contributed by atoms with Crippen molar-refractivity contribution >= 4 is 23.7 Å². The van der Waals surface area contributed by atoms with E-state index in [0.29, 0.717) is 33.6 Å². The third-order valence-electron chi connectivity index (χ3n) is 5.91. The molecule has 184 valence electrons. The molecule has 3 aromatic rings. The van der Waals surface area contributed by atoms with Gasteiger partial charge in [0.2, 0.25) is 0 Å². The Morgan fingerprint density at radius 1 is 0.917 bits per heavy atom. The Morgan fingerprint density at radius 2 is 1.58 bits per heavy atom. The number of imide groups is 1. The highest BCUT2D eigenvalue weighted by atomic mass is 16.5. The van der Waals surface area contributed by atoms with Gasteiger partial charge in [0.15, 0.2) is 0 Å². The zero-order valence-electron chi connectivity index (χ0n) is 20.0. The Bertz CT molecular complexity index is 1270. The highest BCUT2D eigenvalue weighted by Crippen LogP contribution is 2.25. The molecule has 1 unspecified atom stereocenters. The number of methoxy groups -OCH3 is 1. The van der Waals surface area contributed by atoms with Crippen LogP contribution in [0.2, 0.25) is 0 Å². The van der Waals surface area contributed by atoms with Crippen molar-refractivity contribution in [2.24, 2.45) is 0 Å². The molecule has 8 nitrogen and oxygen atoms in total. The van der Waals surface area contributed by atoms with E-state index in [4.69, 9.17) is 9.47 Å². The van der Waals surface area contributed by atoms with E-state index in [9.17, 15) is 19.2 Å². The molecule has 0 saturated carbocycles. The molecule has 36 heavy (non-hydrogen) atoms. The van der Waals surface area contributed by atoms with Crippen molar-refractivity contribution in [3.05, 3.63) is 101 Å². The highest BCUT2D eigenvalue weighted by molar-refractivity contribution is 6.21. The van der Waals surface area contributed by atoms with Crippen molar-refractivity contribution in [2.75, 3.05) is 13.7 Å². The van der Waals surface area contributed by atoms with E-state index >= 15 is 0 Å². The van der Waals surface area contributed by atoms with Crippen LogP contribution in [0.3, 0.4) is 0 Å². The van der Waals surface area contributed by atoms with Crippen LogP contribution >= 0.6 is 0 Å². The van der Waals surface area contributed by atoms with Gasteiger partial charge in [0.1, 0.15) is 5.75 Å². The summed E-state index contributed by atoms with van der Waals surface area (Å²) >= 11 is 0. The lowest BCUT2D eigenvalue weighted by atomic mass is 10.0. The third-order valence-corrected chi connectivity index (χ3v) is 5.91. The Morgan fingerprint density at radius 3 is 2.19 bits per heavy atom. The zero-order chi connectivity index (χ0) is 25.7. The summed E-state index contributed by atoms with van der Waals surface area (Å²) in [6.45, 7) is 2.07. The Labute approximate surface area is 208 Å². The van der Waals surface area contributed by atoms with E-state index in [1.165, 1.54) is 4.90 Å². The van der Waals surface area contributed by atoms with Gasteiger partial charge in [-0.2, -0.15) is 0 Å². The molecule has 0 aromatic heterocycles. The number of ether oxygens (including phenoxy) is 2. The van der Waals surface area contributed by atoms with Crippen molar-refractivity contribution < 1.29 is 28.7 Å². The van der Waals surface area contributed by atoms with Gasteiger partial charge in [0, 0.05) is 5.56 Å². The largest absolute Gasteiger partial charge is 0.497 e. The molecular formula is C28H26N2O6. The van der Waals surface area contributed by atoms with Crippen LogP contribution in [-0.4, -0.2) is 42.3 Å².